The molecule has 0 saturated heterocycles. The van der Waals surface area contributed by atoms with Crippen molar-refractivity contribution in [2.75, 3.05) is 6.79 Å². The predicted molar refractivity (Wildman–Crippen MR) is 127 cm³/mol. The van der Waals surface area contributed by atoms with Gasteiger partial charge in [0.15, 0.2) is 11.5 Å². The molecule has 0 aliphatic carbocycles. The van der Waals surface area contributed by atoms with Crippen molar-refractivity contribution < 1.29 is 14.3 Å². The molecule has 2 heterocycles. The number of hydrogen-bond donors (Lipinski definition) is 1. The molecule has 1 aliphatic heterocycles. The molecule has 0 spiro atoms. The van der Waals surface area contributed by atoms with Gasteiger partial charge in [-0.05, 0) is 42.8 Å². The summed E-state index contributed by atoms with van der Waals surface area (Å²) in [5, 5.41) is 7.71. The number of benzene rings is 3. The van der Waals surface area contributed by atoms with E-state index in [9.17, 15) is 4.79 Å². The van der Waals surface area contributed by atoms with Crippen LogP contribution in [0.5, 0.6) is 11.5 Å². The fourth-order valence-electron chi connectivity index (χ4n) is 3.62. The van der Waals surface area contributed by atoms with E-state index in [2.05, 4.69) is 24.4 Å². The molecule has 0 atom stereocenters. The Labute approximate surface area is 192 Å². The van der Waals surface area contributed by atoms with Crippen LogP contribution in [-0.4, -0.2) is 22.5 Å². The van der Waals surface area contributed by atoms with E-state index >= 15 is 0 Å². The number of rotatable bonds is 6. The molecule has 1 aliphatic rings. The third kappa shape index (κ3) is 4.65. The molecule has 6 nitrogen and oxygen atoms in total. The zero-order chi connectivity index (χ0) is 22.6. The first-order valence-corrected chi connectivity index (χ1v) is 10.7. The van der Waals surface area contributed by atoms with E-state index in [0.717, 1.165) is 33.8 Å². The highest BCUT2D eigenvalue weighted by atomic mass is 16.7. The summed E-state index contributed by atoms with van der Waals surface area (Å²) in [6, 6.07) is 23.8. The highest BCUT2D eigenvalue weighted by Gasteiger charge is 2.14. The van der Waals surface area contributed by atoms with Gasteiger partial charge in [0.05, 0.1) is 11.4 Å². The molecular formula is C27H23N3O3. The lowest BCUT2D eigenvalue weighted by atomic mass is 10.1. The Bertz CT molecular complexity index is 1310. The number of para-hydroxylation sites is 1. The van der Waals surface area contributed by atoms with Crippen LogP contribution in [0.25, 0.3) is 23.0 Å². The van der Waals surface area contributed by atoms with Gasteiger partial charge in [-0.2, -0.15) is 5.10 Å². The van der Waals surface area contributed by atoms with Crippen molar-refractivity contribution in [3.8, 4) is 28.4 Å². The Kier molecular flexibility index (Phi) is 5.64. The van der Waals surface area contributed by atoms with Gasteiger partial charge in [-0.3, -0.25) is 4.79 Å². The number of carbonyl (C=O) groups is 1. The number of carbonyl (C=O) groups excluding carboxylic acids is 1. The van der Waals surface area contributed by atoms with Gasteiger partial charge in [-0.15, -0.1) is 0 Å². The third-order valence-electron chi connectivity index (χ3n) is 5.41. The normalized spacial score (nSPS) is 12.3. The van der Waals surface area contributed by atoms with Gasteiger partial charge in [-0.25, -0.2) is 4.68 Å². The molecule has 3 aromatic carbocycles. The van der Waals surface area contributed by atoms with E-state index in [1.165, 1.54) is 11.6 Å². The number of nitrogens with one attached hydrogen (secondary N) is 1. The lowest BCUT2D eigenvalue weighted by Gasteiger charge is -2.04. The topological polar surface area (TPSA) is 65.4 Å². The maximum atomic E-state index is 12.5. The summed E-state index contributed by atoms with van der Waals surface area (Å²) >= 11 is 0. The minimum absolute atomic E-state index is 0.185. The van der Waals surface area contributed by atoms with Gasteiger partial charge >= 0.3 is 0 Å². The van der Waals surface area contributed by atoms with Crippen LogP contribution in [0.2, 0.25) is 0 Å². The van der Waals surface area contributed by atoms with Crippen LogP contribution in [0.4, 0.5) is 0 Å². The standard InChI is InChI=1S/C27H23N3O3/c1-19-7-10-21(11-8-19)27-22(17-30(29-27)23-5-3-2-4-6-23)12-14-26(31)28-16-20-9-13-24-25(15-20)33-18-32-24/h2-15,17H,16,18H2,1H3,(H,28,31)/b14-12+. The molecule has 0 bridgehead atoms. The summed E-state index contributed by atoms with van der Waals surface area (Å²) in [5.41, 5.74) is 5.76. The summed E-state index contributed by atoms with van der Waals surface area (Å²) in [6.45, 7) is 2.68. The van der Waals surface area contributed by atoms with E-state index in [1.54, 1.807) is 6.08 Å². The van der Waals surface area contributed by atoms with Gasteiger partial charge in [0.25, 0.3) is 0 Å². The van der Waals surface area contributed by atoms with Crippen LogP contribution in [0, 0.1) is 6.92 Å². The molecule has 0 saturated carbocycles. The number of hydrogen-bond acceptors (Lipinski definition) is 4. The van der Waals surface area contributed by atoms with Crippen molar-refractivity contribution in [2.45, 2.75) is 13.5 Å². The number of aromatic nitrogens is 2. The number of fused-ring (bicyclic) bond motifs is 1. The molecule has 5 rings (SSSR count). The fraction of sp³-hybridized carbons (Fsp3) is 0.111. The van der Waals surface area contributed by atoms with E-state index in [4.69, 9.17) is 14.6 Å². The molecule has 0 unspecified atom stereocenters. The number of nitrogens with zero attached hydrogens (tertiary/aromatic N) is 2. The highest BCUT2D eigenvalue weighted by molar-refractivity contribution is 5.92. The van der Waals surface area contributed by atoms with Gasteiger partial charge in [0, 0.05) is 29.9 Å². The minimum atomic E-state index is -0.185. The minimum Gasteiger partial charge on any atom is -0.454 e. The van der Waals surface area contributed by atoms with E-state index in [-0.39, 0.29) is 12.7 Å². The lowest BCUT2D eigenvalue weighted by molar-refractivity contribution is -0.116. The number of aryl methyl sites for hydroxylation is 1. The fourth-order valence-corrected chi connectivity index (χ4v) is 3.62. The van der Waals surface area contributed by atoms with Gasteiger partial charge in [0.2, 0.25) is 12.7 Å². The molecule has 33 heavy (non-hydrogen) atoms. The van der Waals surface area contributed by atoms with Crippen molar-refractivity contribution in [1.29, 1.82) is 0 Å². The average molecular weight is 437 g/mol. The molecular weight excluding hydrogens is 414 g/mol. The van der Waals surface area contributed by atoms with Crippen LogP contribution in [0.1, 0.15) is 16.7 Å². The lowest BCUT2D eigenvalue weighted by Crippen LogP contribution is -2.20. The van der Waals surface area contributed by atoms with Crippen molar-refractivity contribution in [2.24, 2.45) is 0 Å². The Balaban J connectivity index is 1.35. The SMILES string of the molecule is Cc1ccc(-c2nn(-c3ccccc3)cc2/C=C/C(=O)NCc2ccc3c(c2)OCO3)cc1. The van der Waals surface area contributed by atoms with E-state index in [0.29, 0.717) is 12.3 Å². The van der Waals surface area contributed by atoms with Crippen LogP contribution < -0.4 is 14.8 Å². The first-order chi connectivity index (χ1) is 16.2. The maximum absolute atomic E-state index is 12.5. The molecule has 0 fully saturated rings. The zero-order valence-corrected chi connectivity index (χ0v) is 18.2. The Hall–Kier alpha value is -4.32. The summed E-state index contributed by atoms with van der Waals surface area (Å²) in [6.07, 6.45) is 5.28. The Morgan fingerprint density at radius 3 is 2.64 bits per heavy atom. The van der Waals surface area contributed by atoms with Gasteiger partial charge in [-0.1, -0.05) is 54.1 Å². The molecule has 1 aromatic heterocycles. The first-order valence-electron chi connectivity index (χ1n) is 10.7. The third-order valence-corrected chi connectivity index (χ3v) is 5.41. The quantitative estimate of drug-likeness (QED) is 0.436. The monoisotopic (exact) mass is 437 g/mol. The van der Waals surface area contributed by atoms with Gasteiger partial charge < -0.3 is 14.8 Å². The second kappa shape index (κ2) is 9.04. The van der Waals surface area contributed by atoms with Crippen molar-refractivity contribution >= 4 is 12.0 Å². The summed E-state index contributed by atoms with van der Waals surface area (Å²) in [7, 11) is 0. The van der Waals surface area contributed by atoms with E-state index < -0.39 is 0 Å². The smallest absolute Gasteiger partial charge is 0.244 e. The zero-order valence-electron chi connectivity index (χ0n) is 18.2. The molecule has 0 radical (unpaired) electrons. The number of ether oxygens (including phenoxy) is 2. The summed E-state index contributed by atoms with van der Waals surface area (Å²) < 4.78 is 12.6. The molecule has 1 amide bonds. The van der Waals surface area contributed by atoms with Crippen molar-refractivity contribution in [3.05, 3.63) is 102 Å². The largest absolute Gasteiger partial charge is 0.454 e. The van der Waals surface area contributed by atoms with E-state index in [1.807, 2.05) is 71.5 Å². The Morgan fingerprint density at radius 2 is 1.82 bits per heavy atom. The van der Waals surface area contributed by atoms with Gasteiger partial charge in [0.1, 0.15) is 0 Å². The predicted octanol–water partition coefficient (Wildman–Crippen LogP) is 4.91. The number of amides is 1. The summed E-state index contributed by atoms with van der Waals surface area (Å²) in [4.78, 5) is 12.5. The molecule has 6 heteroatoms. The second-order valence-corrected chi connectivity index (χ2v) is 7.82. The van der Waals surface area contributed by atoms with Crippen LogP contribution >= 0.6 is 0 Å². The molecule has 1 N–H and O–H groups in total. The average Bonchev–Trinajstić information content (AvgIpc) is 3.49. The highest BCUT2D eigenvalue weighted by Crippen LogP contribution is 2.32. The Morgan fingerprint density at radius 1 is 1.03 bits per heavy atom. The summed E-state index contributed by atoms with van der Waals surface area (Å²) in [5.74, 6) is 1.24. The van der Waals surface area contributed by atoms with Crippen LogP contribution in [0.15, 0.2) is 85.1 Å². The second-order valence-electron chi connectivity index (χ2n) is 7.82. The van der Waals surface area contributed by atoms with Crippen LogP contribution in [-0.2, 0) is 11.3 Å². The van der Waals surface area contributed by atoms with Crippen molar-refractivity contribution in [3.63, 3.8) is 0 Å². The molecule has 4 aromatic rings. The first kappa shape index (κ1) is 20.6. The maximum Gasteiger partial charge on any atom is 0.244 e. The van der Waals surface area contributed by atoms with Crippen molar-refractivity contribution in [1.82, 2.24) is 15.1 Å². The van der Waals surface area contributed by atoms with Crippen LogP contribution in [0.3, 0.4) is 0 Å². The molecule has 164 valence electrons.